The van der Waals surface area contributed by atoms with Gasteiger partial charge in [-0.25, -0.2) is 19.6 Å². The van der Waals surface area contributed by atoms with E-state index >= 15 is 0 Å². The van der Waals surface area contributed by atoms with Gasteiger partial charge in [0.1, 0.15) is 0 Å². The van der Waals surface area contributed by atoms with Crippen LogP contribution in [0.4, 0.5) is 0 Å². The molecule has 0 nitrogen and oxygen atoms in total. The summed E-state index contributed by atoms with van der Waals surface area (Å²) in [6.45, 7) is 6.50. The zero-order chi connectivity index (χ0) is 2.71. The van der Waals surface area contributed by atoms with Crippen LogP contribution in [-0.2, 0) is 20.1 Å². The number of hydrogen-bond acceptors (Lipinski definition) is 0. The summed E-state index contributed by atoms with van der Waals surface area (Å²) in [7, 11) is 0. The summed E-state index contributed by atoms with van der Waals surface area (Å²) in [6.07, 6.45) is 1.50. The summed E-state index contributed by atoms with van der Waals surface area (Å²) < 4.78 is 0. The molecule has 27 valence electrons. The van der Waals surface area contributed by atoms with Gasteiger partial charge in [-0.15, -0.1) is 0 Å². The van der Waals surface area contributed by atoms with Gasteiger partial charge in [0, 0.05) is 20.1 Å². The van der Waals surface area contributed by atoms with Crippen molar-refractivity contribution in [2.75, 3.05) is 0 Å². The van der Waals surface area contributed by atoms with E-state index in [1.807, 2.05) is 0 Å². The van der Waals surface area contributed by atoms with Crippen LogP contribution in [0.1, 0.15) is 0 Å². The van der Waals surface area contributed by atoms with E-state index < -0.39 is 0 Å². The molecule has 0 aliphatic heterocycles. The zero-order valence-electron chi connectivity index (χ0n) is 2.32. The molecule has 0 aromatic carbocycles. The van der Waals surface area contributed by atoms with Crippen molar-refractivity contribution in [3.63, 3.8) is 0 Å². The molecule has 1 heteroatoms. The molecule has 0 heterocycles. The van der Waals surface area contributed by atoms with Gasteiger partial charge in [-0.05, 0) is 0 Å². The second-order valence-electron chi connectivity index (χ2n) is 0.289. The molecular weight excluding hydrogens is 228 g/mol. The molecule has 0 spiro atoms. The molecule has 0 aromatic heterocycles. The van der Waals surface area contributed by atoms with Crippen LogP contribution >= 0.6 is 0 Å². The van der Waals surface area contributed by atoms with Gasteiger partial charge in [0.25, 0.3) is 0 Å². The average Bonchev–Trinajstić information content (AvgIpc) is 0.918. The quantitative estimate of drug-likeness (QED) is 0.548. The van der Waals surface area contributed by atoms with Gasteiger partial charge in [-0.1, -0.05) is 0 Å². The smallest absolute Gasteiger partial charge is 0 e. The largest absolute Gasteiger partial charge is 0.245 e. The minimum absolute atomic E-state index is 0. The Hall–Kier alpha value is 0.259. The van der Waals surface area contributed by atoms with Crippen molar-refractivity contribution in [2.45, 2.75) is 0 Å². The number of hydrogen-bond donors (Lipinski definition) is 0. The topological polar surface area (TPSA) is 0 Å². The van der Waals surface area contributed by atoms with Gasteiger partial charge in [0.15, 0.2) is 0 Å². The Balaban J connectivity index is 0. The maximum atomic E-state index is 3.25. The Kier molecular flexibility index (Phi) is 23.2. The molecule has 0 saturated heterocycles. The van der Waals surface area contributed by atoms with Crippen LogP contribution in [0.5, 0.6) is 0 Å². The van der Waals surface area contributed by atoms with Gasteiger partial charge in [0.2, 0.25) is 0 Å². The monoisotopic (exact) mass is 234 g/mol. The first-order chi connectivity index (χ1) is 1.41. The SMILES string of the molecule is C=C[CH2-].[Ir]. The van der Waals surface area contributed by atoms with E-state index in [9.17, 15) is 0 Å². The number of allylic oxidation sites excluding steroid dienone is 1. The molecule has 0 aromatic rings. The maximum absolute atomic E-state index is 3.25. The molecule has 0 rings (SSSR count). The fourth-order valence-corrected chi connectivity index (χ4v) is 0. The Morgan fingerprint density at radius 2 is 1.75 bits per heavy atom. The Labute approximate surface area is 40.3 Å². The summed E-state index contributed by atoms with van der Waals surface area (Å²) in [6, 6.07) is 0. The van der Waals surface area contributed by atoms with E-state index in [4.69, 9.17) is 0 Å². The van der Waals surface area contributed by atoms with E-state index in [1.165, 1.54) is 6.08 Å². The second-order valence-corrected chi connectivity index (χ2v) is 0.289. The van der Waals surface area contributed by atoms with Gasteiger partial charge in [0.05, 0.1) is 0 Å². The molecule has 0 fully saturated rings. The fourth-order valence-electron chi connectivity index (χ4n) is 0. The van der Waals surface area contributed by atoms with E-state index in [2.05, 4.69) is 13.5 Å². The van der Waals surface area contributed by atoms with Gasteiger partial charge in [-0.2, -0.15) is 0 Å². The van der Waals surface area contributed by atoms with Crippen molar-refractivity contribution >= 4 is 0 Å². The van der Waals surface area contributed by atoms with Crippen molar-refractivity contribution in [1.82, 2.24) is 0 Å². The van der Waals surface area contributed by atoms with Crippen LogP contribution in [-0.4, -0.2) is 0 Å². The van der Waals surface area contributed by atoms with E-state index in [0.717, 1.165) is 0 Å². The molecule has 0 bridgehead atoms. The van der Waals surface area contributed by atoms with E-state index in [0.29, 0.717) is 0 Å². The minimum atomic E-state index is 0. The van der Waals surface area contributed by atoms with Gasteiger partial charge in [-0.3, -0.25) is 0 Å². The van der Waals surface area contributed by atoms with E-state index in [-0.39, 0.29) is 20.1 Å². The normalized spacial score (nSPS) is 3.00. The molecule has 4 heavy (non-hydrogen) atoms. The summed E-state index contributed by atoms with van der Waals surface area (Å²) in [4.78, 5) is 0. The standard InChI is InChI=1S/C3H5.Ir/c1-3-2;/h3H,1-2H2;/q-1;. The molecule has 0 aliphatic carbocycles. The number of rotatable bonds is 0. The van der Waals surface area contributed by atoms with Crippen molar-refractivity contribution in [3.8, 4) is 0 Å². The predicted molar refractivity (Wildman–Crippen MR) is 15.6 cm³/mol. The van der Waals surface area contributed by atoms with Gasteiger partial charge >= 0.3 is 0 Å². The molecule has 0 atom stereocenters. The van der Waals surface area contributed by atoms with Crippen LogP contribution in [0.25, 0.3) is 0 Å². The van der Waals surface area contributed by atoms with Gasteiger partial charge < -0.3 is 0 Å². The van der Waals surface area contributed by atoms with Crippen LogP contribution in [0.2, 0.25) is 0 Å². The molecule has 0 N–H and O–H groups in total. The minimum Gasteiger partial charge on any atom is -0.245 e. The third kappa shape index (κ3) is 53.3. The van der Waals surface area contributed by atoms with Crippen molar-refractivity contribution in [1.29, 1.82) is 0 Å². The van der Waals surface area contributed by atoms with Crippen LogP contribution in [0, 0.1) is 6.92 Å². The molecule has 1 radical (unpaired) electrons. The van der Waals surface area contributed by atoms with Crippen molar-refractivity contribution in [3.05, 3.63) is 19.6 Å². The molecule has 0 saturated carbocycles. The molecule has 0 aliphatic rings. The summed E-state index contributed by atoms with van der Waals surface area (Å²) in [5.41, 5.74) is 0. The average molecular weight is 233 g/mol. The predicted octanol–water partition coefficient (Wildman–Crippen LogP) is 1.00. The Morgan fingerprint density at radius 3 is 1.75 bits per heavy atom. The second kappa shape index (κ2) is 10.5. The first-order valence-corrected chi connectivity index (χ1v) is 0.816. The molecule has 0 unspecified atom stereocenters. The van der Waals surface area contributed by atoms with Crippen molar-refractivity contribution in [2.24, 2.45) is 0 Å². The Morgan fingerprint density at radius 1 is 1.75 bits per heavy atom. The zero-order valence-corrected chi connectivity index (χ0v) is 4.72. The van der Waals surface area contributed by atoms with Crippen LogP contribution in [0.3, 0.4) is 0 Å². The first-order valence-electron chi connectivity index (χ1n) is 0.816. The van der Waals surface area contributed by atoms with Crippen molar-refractivity contribution < 1.29 is 20.1 Å². The maximum Gasteiger partial charge on any atom is 0 e. The first kappa shape index (κ1) is 8.86. The Bertz CT molecular complexity index is 10.8. The third-order valence-corrected chi connectivity index (χ3v) is 0. The summed E-state index contributed by atoms with van der Waals surface area (Å²) in [5, 5.41) is 0. The van der Waals surface area contributed by atoms with E-state index in [1.54, 1.807) is 0 Å². The van der Waals surface area contributed by atoms with Crippen LogP contribution in [0.15, 0.2) is 12.7 Å². The summed E-state index contributed by atoms with van der Waals surface area (Å²) in [5.74, 6) is 0. The molecule has 0 amide bonds. The van der Waals surface area contributed by atoms with Crippen LogP contribution < -0.4 is 0 Å². The third-order valence-electron chi connectivity index (χ3n) is 0. The fraction of sp³-hybridized carbons (Fsp3) is 0. The molecular formula is C3H5Ir-. The summed E-state index contributed by atoms with van der Waals surface area (Å²) >= 11 is 0.